The van der Waals surface area contributed by atoms with Crippen molar-refractivity contribution < 1.29 is 19.1 Å². The lowest BCUT2D eigenvalue weighted by Gasteiger charge is -2.20. The van der Waals surface area contributed by atoms with Gasteiger partial charge in [0.25, 0.3) is 11.8 Å². The summed E-state index contributed by atoms with van der Waals surface area (Å²) in [5.41, 5.74) is 4.71. The number of rotatable bonds is 6. The van der Waals surface area contributed by atoms with Crippen molar-refractivity contribution in [2.45, 2.75) is 19.0 Å². The molecule has 4 amide bonds. The first-order chi connectivity index (χ1) is 11.9. The van der Waals surface area contributed by atoms with E-state index in [2.05, 4.69) is 5.32 Å². The summed E-state index contributed by atoms with van der Waals surface area (Å²) in [5.74, 6) is -0.431. The summed E-state index contributed by atoms with van der Waals surface area (Å²) in [6.45, 7) is 1.58. The second-order valence-electron chi connectivity index (χ2n) is 5.83. The van der Waals surface area contributed by atoms with Crippen molar-refractivity contribution in [1.82, 2.24) is 10.2 Å². The molecule has 1 aromatic carbocycles. The lowest BCUT2D eigenvalue weighted by molar-refractivity contribution is -0.131. The van der Waals surface area contributed by atoms with Gasteiger partial charge in [-0.1, -0.05) is 18.2 Å². The molecule has 0 bridgehead atoms. The highest BCUT2D eigenvalue weighted by atomic mass is 32.1. The van der Waals surface area contributed by atoms with Gasteiger partial charge in [-0.15, -0.1) is 11.3 Å². The Bertz CT molecular complexity index is 821. The molecule has 25 heavy (non-hydrogen) atoms. The molecule has 0 saturated carbocycles. The van der Waals surface area contributed by atoms with E-state index in [1.54, 1.807) is 31.2 Å². The van der Waals surface area contributed by atoms with Crippen LogP contribution in [0.15, 0.2) is 41.8 Å². The SMILES string of the molecule is CC1(c2cccs2)NC(=O)N(Cc2cccc(OCC(N)=O)c2)C1=O. The van der Waals surface area contributed by atoms with Crippen LogP contribution in [0.25, 0.3) is 0 Å². The highest BCUT2D eigenvalue weighted by Crippen LogP contribution is 2.32. The van der Waals surface area contributed by atoms with E-state index in [4.69, 9.17) is 10.5 Å². The second-order valence-corrected chi connectivity index (χ2v) is 6.77. The van der Waals surface area contributed by atoms with Gasteiger partial charge in [-0.25, -0.2) is 4.79 Å². The molecule has 0 aliphatic carbocycles. The summed E-state index contributed by atoms with van der Waals surface area (Å²) < 4.78 is 5.25. The summed E-state index contributed by atoms with van der Waals surface area (Å²) in [6.07, 6.45) is 0. The molecule has 2 aromatic rings. The van der Waals surface area contributed by atoms with Crippen molar-refractivity contribution in [3.8, 4) is 5.75 Å². The molecule has 3 N–H and O–H groups in total. The molecule has 7 nitrogen and oxygen atoms in total. The summed E-state index contributed by atoms with van der Waals surface area (Å²) in [6, 6.07) is 10.1. The Labute approximate surface area is 148 Å². The van der Waals surface area contributed by atoms with E-state index in [0.29, 0.717) is 11.3 Å². The minimum absolute atomic E-state index is 0.111. The maximum atomic E-state index is 12.8. The number of carbonyl (C=O) groups is 3. The molecule has 1 unspecified atom stereocenters. The lowest BCUT2D eigenvalue weighted by atomic mass is 10.0. The van der Waals surface area contributed by atoms with E-state index in [1.165, 1.54) is 16.2 Å². The average molecular weight is 359 g/mol. The number of benzene rings is 1. The summed E-state index contributed by atoms with van der Waals surface area (Å²) in [5, 5.41) is 4.63. The first-order valence-corrected chi connectivity index (χ1v) is 8.46. The maximum absolute atomic E-state index is 12.8. The summed E-state index contributed by atoms with van der Waals surface area (Å²) in [4.78, 5) is 37.9. The fourth-order valence-electron chi connectivity index (χ4n) is 2.64. The molecular weight excluding hydrogens is 342 g/mol. The predicted octanol–water partition coefficient (Wildman–Crippen LogP) is 1.58. The van der Waals surface area contributed by atoms with Gasteiger partial charge in [-0.3, -0.25) is 14.5 Å². The van der Waals surface area contributed by atoms with Gasteiger partial charge in [0.05, 0.1) is 6.54 Å². The zero-order valence-corrected chi connectivity index (χ0v) is 14.3. The van der Waals surface area contributed by atoms with Gasteiger partial charge < -0.3 is 15.8 Å². The Morgan fingerprint density at radius 1 is 1.32 bits per heavy atom. The van der Waals surface area contributed by atoms with Gasteiger partial charge in [0.1, 0.15) is 5.75 Å². The van der Waals surface area contributed by atoms with E-state index in [-0.39, 0.29) is 19.1 Å². The Balaban J connectivity index is 1.77. The lowest BCUT2D eigenvalue weighted by Crippen LogP contribution is -2.40. The van der Waals surface area contributed by atoms with Gasteiger partial charge in [-0.05, 0) is 36.1 Å². The van der Waals surface area contributed by atoms with Gasteiger partial charge in [0.15, 0.2) is 12.1 Å². The number of nitrogens with two attached hydrogens (primary N) is 1. The Morgan fingerprint density at radius 2 is 2.12 bits per heavy atom. The minimum atomic E-state index is -1.05. The first kappa shape index (κ1) is 17.0. The van der Waals surface area contributed by atoms with Crippen molar-refractivity contribution in [3.63, 3.8) is 0 Å². The molecule has 130 valence electrons. The number of urea groups is 1. The molecule has 2 heterocycles. The zero-order chi connectivity index (χ0) is 18.0. The van der Waals surface area contributed by atoms with Gasteiger partial charge >= 0.3 is 6.03 Å². The normalized spacial score (nSPS) is 19.8. The van der Waals surface area contributed by atoms with E-state index in [1.807, 2.05) is 17.5 Å². The first-order valence-electron chi connectivity index (χ1n) is 7.58. The third-order valence-electron chi connectivity index (χ3n) is 3.91. The smallest absolute Gasteiger partial charge is 0.325 e. The van der Waals surface area contributed by atoms with E-state index >= 15 is 0 Å². The number of primary amides is 1. The minimum Gasteiger partial charge on any atom is -0.484 e. The van der Waals surface area contributed by atoms with Crippen LogP contribution in [0, 0.1) is 0 Å². The number of amides is 4. The number of nitrogens with zero attached hydrogens (tertiary/aromatic N) is 1. The highest BCUT2D eigenvalue weighted by Gasteiger charge is 2.49. The van der Waals surface area contributed by atoms with Crippen LogP contribution in [0.5, 0.6) is 5.75 Å². The Kier molecular flexibility index (Phi) is 4.45. The molecule has 1 atom stereocenters. The van der Waals surface area contributed by atoms with E-state index < -0.39 is 17.5 Å². The molecule has 1 fully saturated rings. The number of ether oxygens (including phenoxy) is 1. The molecule has 3 rings (SSSR count). The fourth-order valence-corrected chi connectivity index (χ4v) is 3.48. The van der Waals surface area contributed by atoms with Crippen LogP contribution in [-0.2, 0) is 21.7 Å². The van der Waals surface area contributed by atoms with Crippen molar-refractivity contribution in [3.05, 3.63) is 52.2 Å². The van der Waals surface area contributed by atoms with Crippen molar-refractivity contribution in [1.29, 1.82) is 0 Å². The van der Waals surface area contributed by atoms with Crippen molar-refractivity contribution in [2.24, 2.45) is 5.73 Å². The van der Waals surface area contributed by atoms with E-state index in [0.717, 1.165) is 4.88 Å². The average Bonchev–Trinajstić information content (AvgIpc) is 3.18. The number of nitrogens with one attached hydrogen (secondary N) is 1. The topological polar surface area (TPSA) is 102 Å². The third-order valence-corrected chi connectivity index (χ3v) is 5.00. The number of imide groups is 1. The molecule has 1 aliphatic rings. The summed E-state index contributed by atoms with van der Waals surface area (Å²) in [7, 11) is 0. The third kappa shape index (κ3) is 3.34. The monoisotopic (exact) mass is 359 g/mol. The van der Waals surface area contributed by atoms with Crippen molar-refractivity contribution in [2.75, 3.05) is 6.61 Å². The zero-order valence-electron chi connectivity index (χ0n) is 13.5. The van der Waals surface area contributed by atoms with Crippen LogP contribution in [0.4, 0.5) is 4.79 Å². The molecule has 0 spiro atoms. The Hall–Kier alpha value is -2.87. The Morgan fingerprint density at radius 3 is 2.80 bits per heavy atom. The molecule has 1 saturated heterocycles. The largest absolute Gasteiger partial charge is 0.484 e. The van der Waals surface area contributed by atoms with Crippen molar-refractivity contribution >= 4 is 29.2 Å². The van der Waals surface area contributed by atoms with Crippen LogP contribution >= 0.6 is 11.3 Å². The van der Waals surface area contributed by atoms with Gasteiger partial charge in [0.2, 0.25) is 0 Å². The maximum Gasteiger partial charge on any atom is 0.325 e. The molecule has 0 radical (unpaired) electrons. The molecule has 8 heteroatoms. The standard InChI is InChI=1S/C17H17N3O4S/c1-17(13-6-3-7-25-13)15(22)20(16(23)19-17)9-11-4-2-5-12(8-11)24-10-14(18)21/h2-8H,9-10H2,1H3,(H2,18,21)(H,19,23). The van der Waals surface area contributed by atoms with Crippen LogP contribution in [0.3, 0.4) is 0 Å². The van der Waals surface area contributed by atoms with Crippen LogP contribution in [0.2, 0.25) is 0 Å². The van der Waals surface area contributed by atoms with E-state index in [9.17, 15) is 14.4 Å². The molecule has 1 aliphatic heterocycles. The van der Waals surface area contributed by atoms with Crippen LogP contribution in [-0.4, -0.2) is 29.4 Å². The number of thiophene rings is 1. The highest BCUT2D eigenvalue weighted by molar-refractivity contribution is 7.10. The predicted molar refractivity (Wildman–Crippen MR) is 91.9 cm³/mol. The van der Waals surface area contributed by atoms with Crippen LogP contribution < -0.4 is 15.8 Å². The molecule has 1 aromatic heterocycles. The quantitative estimate of drug-likeness (QED) is 0.765. The fraction of sp³-hybridized carbons (Fsp3) is 0.235. The number of hydrogen-bond donors (Lipinski definition) is 2. The second kappa shape index (κ2) is 6.56. The number of hydrogen-bond acceptors (Lipinski definition) is 5. The summed E-state index contributed by atoms with van der Waals surface area (Å²) >= 11 is 1.42. The van der Waals surface area contributed by atoms with Gasteiger partial charge in [0, 0.05) is 4.88 Å². The van der Waals surface area contributed by atoms with Crippen LogP contribution in [0.1, 0.15) is 17.4 Å². The molecular formula is C17H17N3O4S. The van der Waals surface area contributed by atoms with Gasteiger partial charge in [-0.2, -0.15) is 0 Å². The number of carbonyl (C=O) groups excluding carboxylic acids is 3.